The molecule has 1 aliphatic carbocycles. The molecule has 1 aromatic carbocycles. The van der Waals surface area contributed by atoms with E-state index in [0.717, 1.165) is 19.3 Å². The molecule has 2 bridgehead atoms. The SMILES string of the molecule is C[C@H](c1ccccc1)N1[C@H](CF)[C@@H]2CC[C@H]1[C@@H](O)C2. The van der Waals surface area contributed by atoms with Crippen molar-refractivity contribution < 1.29 is 9.50 Å². The summed E-state index contributed by atoms with van der Waals surface area (Å²) in [4.78, 5) is 2.23. The highest BCUT2D eigenvalue weighted by Crippen LogP contribution is 2.44. The molecule has 5 atom stereocenters. The minimum atomic E-state index is -0.301. The number of aliphatic hydroxyl groups is 1. The van der Waals surface area contributed by atoms with Crippen molar-refractivity contribution in [2.45, 2.75) is 50.4 Å². The molecule has 2 aliphatic heterocycles. The van der Waals surface area contributed by atoms with Crippen LogP contribution >= 0.6 is 0 Å². The van der Waals surface area contributed by atoms with Gasteiger partial charge in [-0.05, 0) is 37.7 Å². The summed E-state index contributed by atoms with van der Waals surface area (Å²) >= 11 is 0. The normalized spacial score (nSPS) is 36.4. The number of hydrogen-bond donors (Lipinski definition) is 1. The highest BCUT2D eigenvalue weighted by Gasteiger charge is 2.48. The Morgan fingerprint density at radius 1 is 1.32 bits per heavy atom. The van der Waals surface area contributed by atoms with Gasteiger partial charge in [-0.15, -0.1) is 0 Å². The molecular weight excluding hydrogens is 241 g/mol. The number of halogens is 1. The van der Waals surface area contributed by atoms with Crippen LogP contribution in [0.1, 0.15) is 37.8 Å². The van der Waals surface area contributed by atoms with Gasteiger partial charge in [-0.3, -0.25) is 4.90 Å². The first-order chi connectivity index (χ1) is 9.22. The van der Waals surface area contributed by atoms with Gasteiger partial charge in [0.25, 0.3) is 0 Å². The summed E-state index contributed by atoms with van der Waals surface area (Å²) in [6.45, 7) is 1.83. The molecule has 1 saturated carbocycles. The van der Waals surface area contributed by atoms with Crippen molar-refractivity contribution in [1.82, 2.24) is 4.90 Å². The first-order valence-electron chi connectivity index (χ1n) is 7.28. The standard InChI is InChI=1S/C16H22FNO/c1-11(12-5-3-2-4-6-12)18-14-8-7-13(9-16(14)19)15(18)10-17/h2-6,11,13-16,19H,7-10H2,1H3/t11-,13-,14+,15-,16+/m1/s1. The zero-order chi connectivity index (χ0) is 13.4. The van der Waals surface area contributed by atoms with Gasteiger partial charge in [-0.2, -0.15) is 0 Å². The second-order valence-corrected chi connectivity index (χ2v) is 5.96. The molecule has 3 fully saturated rings. The highest BCUT2D eigenvalue weighted by atomic mass is 19.1. The summed E-state index contributed by atoms with van der Waals surface area (Å²) in [7, 11) is 0. The summed E-state index contributed by atoms with van der Waals surface area (Å²) in [6.07, 6.45) is 2.55. The van der Waals surface area contributed by atoms with Crippen molar-refractivity contribution in [3.8, 4) is 0 Å². The number of piperidine rings is 2. The van der Waals surface area contributed by atoms with Gasteiger partial charge in [0.1, 0.15) is 6.67 Å². The van der Waals surface area contributed by atoms with E-state index in [4.69, 9.17) is 0 Å². The highest BCUT2D eigenvalue weighted by molar-refractivity contribution is 5.20. The lowest BCUT2D eigenvalue weighted by Gasteiger charge is -2.55. The van der Waals surface area contributed by atoms with Crippen LogP contribution in [-0.4, -0.2) is 34.9 Å². The van der Waals surface area contributed by atoms with E-state index < -0.39 is 0 Å². The third kappa shape index (κ3) is 2.19. The van der Waals surface area contributed by atoms with Crippen LogP contribution in [0.2, 0.25) is 0 Å². The van der Waals surface area contributed by atoms with Gasteiger partial charge in [-0.1, -0.05) is 30.3 Å². The van der Waals surface area contributed by atoms with Crippen molar-refractivity contribution >= 4 is 0 Å². The van der Waals surface area contributed by atoms with Crippen LogP contribution in [0.4, 0.5) is 4.39 Å². The van der Waals surface area contributed by atoms with E-state index in [1.165, 1.54) is 5.56 Å². The number of hydrogen-bond acceptors (Lipinski definition) is 2. The zero-order valence-electron chi connectivity index (χ0n) is 11.4. The van der Waals surface area contributed by atoms with Gasteiger partial charge in [0.15, 0.2) is 0 Å². The van der Waals surface area contributed by atoms with Gasteiger partial charge in [0.05, 0.1) is 6.10 Å². The Morgan fingerprint density at radius 2 is 2.05 bits per heavy atom. The predicted molar refractivity (Wildman–Crippen MR) is 73.6 cm³/mol. The maximum atomic E-state index is 13.5. The minimum Gasteiger partial charge on any atom is -0.391 e. The molecule has 0 aromatic heterocycles. The second-order valence-electron chi connectivity index (χ2n) is 5.96. The number of nitrogens with zero attached hydrogens (tertiary/aromatic N) is 1. The van der Waals surface area contributed by atoms with E-state index in [1.54, 1.807) is 0 Å². The predicted octanol–water partition coefficient (Wildman–Crippen LogP) is 2.93. The van der Waals surface area contributed by atoms with E-state index in [9.17, 15) is 9.50 Å². The smallest absolute Gasteiger partial charge is 0.105 e. The Balaban J connectivity index is 1.89. The Bertz CT molecular complexity index is 422. The molecule has 0 amide bonds. The molecule has 1 N–H and O–H groups in total. The molecule has 2 heterocycles. The molecule has 3 aliphatic rings. The molecule has 0 radical (unpaired) electrons. The molecule has 19 heavy (non-hydrogen) atoms. The van der Waals surface area contributed by atoms with Gasteiger partial charge in [0.2, 0.25) is 0 Å². The van der Waals surface area contributed by atoms with E-state index in [0.29, 0.717) is 5.92 Å². The van der Waals surface area contributed by atoms with Crippen LogP contribution in [0.3, 0.4) is 0 Å². The third-order valence-electron chi connectivity index (χ3n) is 5.02. The van der Waals surface area contributed by atoms with Crippen LogP contribution in [-0.2, 0) is 0 Å². The molecule has 2 nitrogen and oxygen atoms in total. The van der Waals surface area contributed by atoms with Crippen LogP contribution in [0, 0.1) is 5.92 Å². The van der Waals surface area contributed by atoms with E-state index in [-0.39, 0.29) is 30.9 Å². The summed E-state index contributed by atoms with van der Waals surface area (Å²) < 4.78 is 13.5. The lowest BCUT2D eigenvalue weighted by Crippen LogP contribution is -2.62. The number of rotatable bonds is 3. The molecular formula is C16H22FNO. The Kier molecular flexibility index (Phi) is 3.59. The lowest BCUT2D eigenvalue weighted by molar-refractivity contribution is -0.114. The summed E-state index contributed by atoms with van der Waals surface area (Å²) in [5.74, 6) is 0.316. The first kappa shape index (κ1) is 13.1. The molecule has 1 aromatic rings. The fourth-order valence-corrected chi connectivity index (χ4v) is 4.03. The summed E-state index contributed by atoms with van der Waals surface area (Å²) in [5, 5.41) is 10.2. The molecule has 4 rings (SSSR count). The van der Waals surface area contributed by atoms with Crippen LogP contribution < -0.4 is 0 Å². The Hall–Kier alpha value is -0.930. The van der Waals surface area contributed by atoms with Crippen LogP contribution in [0.25, 0.3) is 0 Å². The van der Waals surface area contributed by atoms with Gasteiger partial charge in [-0.25, -0.2) is 4.39 Å². The first-order valence-corrected chi connectivity index (χ1v) is 7.28. The van der Waals surface area contributed by atoms with Crippen molar-refractivity contribution in [3.05, 3.63) is 35.9 Å². The maximum absolute atomic E-state index is 13.5. The fourth-order valence-electron chi connectivity index (χ4n) is 4.03. The average Bonchev–Trinajstić information content (AvgIpc) is 2.47. The molecule has 3 heteroatoms. The number of benzene rings is 1. The average molecular weight is 263 g/mol. The number of fused-ring (bicyclic) bond motifs is 3. The maximum Gasteiger partial charge on any atom is 0.105 e. The largest absolute Gasteiger partial charge is 0.391 e. The van der Waals surface area contributed by atoms with Gasteiger partial charge >= 0.3 is 0 Å². The van der Waals surface area contributed by atoms with Crippen molar-refractivity contribution in [2.24, 2.45) is 5.92 Å². The molecule has 0 spiro atoms. The number of alkyl halides is 1. The topological polar surface area (TPSA) is 23.5 Å². The zero-order valence-corrected chi connectivity index (χ0v) is 11.4. The Morgan fingerprint density at radius 3 is 2.68 bits per heavy atom. The molecule has 0 unspecified atom stereocenters. The van der Waals surface area contributed by atoms with Crippen LogP contribution in [0.15, 0.2) is 30.3 Å². The fraction of sp³-hybridized carbons (Fsp3) is 0.625. The van der Waals surface area contributed by atoms with E-state index in [2.05, 4.69) is 24.0 Å². The minimum absolute atomic E-state index is 0.0163. The molecule has 104 valence electrons. The summed E-state index contributed by atoms with van der Waals surface area (Å²) in [5.41, 5.74) is 1.21. The number of aliphatic hydroxyl groups excluding tert-OH is 1. The van der Waals surface area contributed by atoms with Gasteiger partial charge in [0, 0.05) is 18.1 Å². The Labute approximate surface area is 114 Å². The summed E-state index contributed by atoms with van der Waals surface area (Å²) in [6, 6.07) is 10.5. The lowest BCUT2D eigenvalue weighted by atomic mass is 9.72. The quantitative estimate of drug-likeness (QED) is 0.906. The van der Waals surface area contributed by atoms with E-state index >= 15 is 0 Å². The van der Waals surface area contributed by atoms with Gasteiger partial charge < -0.3 is 5.11 Å². The molecule has 2 saturated heterocycles. The second kappa shape index (κ2) is 5.22. The van der Waals surface area contributed by atoms with Crippen molar-refractivity contribution in [3.63, 3.8) is 0 Å². The van der Waals surface area contributed by atoms with Crippen molar-refractivity contribution in [2.75, 3.05) is 6.67 Å². The third-order valence-corrected chi connectivity index (χ3v) is 5.02. The van der Waals surface area contributed by atoms with E-state index in [1.807, 2.05) is 18.2 Å². The van der Waals surface area contributed by atoms with Crippen LogP contribution in [0.5, 0.6) is 0 Å². The monoisotopic (exact) mass is 263 g/mol. The van der Waals surface area contributed by atoms with Crippen molar-refractivity contribution in [1.29, 1.82) is 0 Å².